The van der Waals surface area contributed by atoms with Crippen LogP contribution in [0.25, 0.3) is 0 Å². The lowest BCUT2D eigenvalue weighted by atomic mass is 10.2. The number of aliphatic imine (C=N–C) groups is 1. The molecule has 150 valence electrons. The van der Waals surface area contributed by atoms with Crippen LogP contribution in [0.3, 0.4) is 0 Å². The van der Waals surface area contributed by atoms with Crippen molar-refractivity contribution in [2.75, 3.05) is 0 Å². The van der Waals surface area contributed by atoms with E-state index >= 15 is 0 Å². The van der Waals surface area contributed by atoms with Crippen molar-refractivity contribution in [1.29, 1.82) is 0 Å². The Morgan fingerprint density at radius 2 is 1.13 bits per heavy atom. The van der Waals surface area contributed by atoms with E-state index in [9.17, 15) is 25.0 Å². The summed E-state index contributed by atoms with van der Waals surface area (Å²) in [5.74, 6) is -1.26. The highest BCUT2D eigenvalue weighted by Gasteiger charge is 2.22. The van der Waals surface area contributed by atoms with Crippen LogP contribution < -0.4 is 9.47 Å². The number of hydrogen-bond donors (Lipinski definition) is 0. The van der Waals surface area contributed by atoms with Crippen molar-refractivity contribution in [3.05, 3.63) is 105 Å². The molecule has 1 amide bonds. The second kappa shape index (κ2) is 9.06. The molecular weight excluding hydrogens is 394 g/mol. The summed E-state index contributed by atoms with van der Waals surface area (Å²) < 4.78 is 10.8. The number of hydrogen-bond acceptors (Lipinski definition) is 7. The van der Waals surface area contributed by atoms with Crippen molar-refractivity contribution in [2.45, 2.75) is 0 Å². The van der Waals surface area contributed by atoms with Crippen LogP contribution in [0.15, 0.2) is 83.9 Å². The number of amides is 1. The van der Waals surface area contributed by atoms with Crippen LogP contribution in [0.4, 0.5) is 11.4 Å². The number of carbonyl (C=O) groups is 1. The highest BCUT2D eigenvalue weighted by atomic mass is 16.7. The Balaban J connectivity index is 2.01. The van der Waals surface area contributed by atoms with Crippen molar-refractivity contribution < 1.29 is 24.1 Å². The molecule has 0 bridgehead atoms. The Hall–Kier alpha value is -4.60. The second-order valence-electron chi connectivity index (χ2n) is 5.70. The molecule has 10 nitrogen and oxygen atoms in total. The monoisotopic (exact) mass is 407 g/mol. The van der Waals surface area contributed by atoms with Gasteiger partial charge in [-0.05, 0) is 24.3 Å². The summed E-state index contributed by atoms with van der Waals surface area (Å²) in [5, 5.41) is 22.5. The van der Waals surface area contributed by atoms with Crippen molar-refractivity contribution in [1.82, 2.24) is 0 Å². The molecule has 3 aromatic rings. The van der Waals surface area contributed by atoms with Crippen molar-refractivity contribution >= 4 is 23.4 Å². The Labute approximate surface area is 169 Å². The minimum absolute atomic E-state index is 0.201. The normalized spacial score (nSPS) is 10.0. The van der Waals surface area contributed by atoms with Gasteiger partial charge in [0.2, 0.25) is 11.5 Å². The first-order valence-electron chi connectivity index (χ1n) is 8.46. The fourth-order valence-corrected chi connectivity index (χ4v) is 2.37. The number of para-hydroxylation sites is 4. The van der Waals surface area contributed by atoms with E-state index in [-0.39, 0.29) is 17.1 Å². The zero-order valence-corrected chi connectivity index (χ0v) is 15.2. The van der Waals surface area contributed by atoms with Crippen molar-refractivity contribution in [2.24, 2.45) is 4.99 Å². The predicted molar refractivity (Wildman–Crippen MR) is 106 cm³/mol. The summed E-state index contributed by atoms with van der Waals surface area (Å²) in [7, 11) is 0. The number of ether oxygens (including phenoxy) is 2. The first kappa shape index (κ1) is 20.1. The second-order valence-corrected chi connectivity index (χ2v) is 5.70. The lowest BCUT2D eigenvalue weighted by Crippen LogP contribution is -2.20. The van der Waals surface area contributed by atoms with Gasteiger partial charge in [-0.15, -0.1) is 4.99 Å². The van der Waals surface area contributed by atoms with Crippen LogP contribution in [0.2, 0.25) is 0 Å². The zero-order chi connectivity index (χ0) is 21.5. The van der Waals surface area contributed by atoms with Gasteiger partial charge in [0.1, 0.15) is 0 Å². The van der Waals surface area contributed by atoms with E-state index in [2.05, 4.69) is 4.99 Å². The highest BCUT2D eigenvalue weighted by molar-refractivity contribution is 6.01. The molecule has 0 radical (unpaired) electrons. The molecule has 0 saturated carbocycles. The number of nitrogens with zero attached hydrogens (tertiary/aromatic N) is 3. The van der Waals surface area contributed by atoms with Crippen LogP contribution >= 0.6 is 0 Å². The van der Waals surface area contributed by atoms with Gasteiger partial charge in [-0.3, -0.25) is 25.0 Å². The van der Waals surface area contributed by atoms with Gasteiger partial charge in [0, 0.05) is 17.7 Å². The average molecular weight is 407 g/mol. The fourth-order valence-electron chi connectivity index (χ4n) is 2.37. The lowest BCUT2D eigenvalue weighted by Gasteiger charge is -2.10. The number of benzene rings is 3. The standard InChI is InChI=1S/C20H13N3O7/c24-19(14-8-2-1-3-9-14)21-20(29-17-12-6-4-10-15(17)22(25)26)30-18-13-7-5-11-16(18)23(27)28/h1-13H. The summed E-state index contributed by atoms with van der Waals surface area (Å²) in [4.78, 5) is 37.3. The smallest absolute Gasteiger partial charge is 0.403 e. The maximum Gasteiger partial charge on any atom is 0.403 e. The van der Waals surface area contributed by atoms with Gasteiger partial charge >= 0.3 is 17.5 Å². The summed E-state index contributed by atoms with van der Waals surface area (Å²) >= 11 is 0. The van der Waals surface area contributed by atoms with E-state index in [4.69, 9.17) is 9.47 Å². The van der Waals surface area contributed by atoms with Crippen LogP contribution in [0, 0.1) is 20.2 Å². The van der Waals surface area contributed by atoms with E-state index in [1.54, 1.807) is 18.2 Å². The Morgan fingerprint density at radius 3 is 1.60 bits per heavy atom. The summed E-state index contributed by atoms with van der Waals surface area (Å²) in [6, 6.07) is 18.7. The Kier molecular flexibility index (Phi) is 6.08. The van der Waals surface area contributed by atoms with E-state index in [0.717, 1.165) is 0 Å². The summed E-state index contributed by atoms with van der Waals surface area (Å²) in [6.45, 7) is 0. The molecule has 0 fully saturated rings. The summed E-state index contributed by atoms with van der Waals surface area (Å²) in [5.41, 5.74) is -0.598. The quantitative estimate of drug-likeness (QED) is 0.268. The number of rotatable bonds is 5. The van der Waals surface area contributed by atoms with Gasteiger partial charge in [-0.2, -0.15) is 0 Å². The first-order valence-corrected chi connectivity index (χ1v) is 8.46. The van der Waals surface area contributed by atoms with E-state index in [0.29, 0.717) is 0 Å². The van der Waals surface area contributed by atoms with Gasteiger partial charge < -0.3 is 9.47 Å². The average Bonchev–Trinajstić information content (AvgIpc) is 2.74. The largest absolute Gasteiger partial charge is 0.403 e. The molecule has 0 heterocycles. The molecule has 0 aliphatic rings. The van der Waals surface area contributed by atoms with Gasteiger partial charge in [-0.1, -0.05) is 42.5 Å². The molecule has 0 unspecified atom stereocenters. The SMILES string of the molecule is O=C(N=C(Oc1ccccc1[N+](=O)[O-])Oc1ccccc1[N+](=O)[O-])c1ccccc1. The molecule has 0 N–H and O–H groups in total. The van der Waals surface area contributed by atoms with Crippen LogP contribution in [-0.4, -0.2) is 21.8 Å². The molecule has 3 aromatic carbocycles. The summed E-state index contributed by atoms with van der Waals surface area (Å²) in [6.07, 6.45) is -0.701. The van der Waals surface area contributed by atoms with Crippen LogP contribution in [-0.2, 0) is 0 Å². The number of nitro benzene ring substituents is 2. The molecule has 0 aliphatic heterocycles. The fraction of sp³-hybridized carbons (Fsp3) is 0. The van der Waals surface area contributed by atoms with Crippen molar-refractivity contribution in [3.8, 4) is 11.5 Å². The van der Waals surface area contributed by atoms with Crippen LogP contribution in [0.1, 0.15) is 10.4 Å². The molecule has 0 atom stereocenters. The molecule has 3 rings (SSSR count). The van der Waals surface area contributed by atoms with Crippen molar-refractivity contribution in [3.63, 3.8) is 0 Å². The molecular formula is C20H13N3O7. The molecule has 0 spiro atoms. The number of carbonyl (C=O) groups excluding carboxylic acids is 1. The molecule has 0 saturated heterocycles. The molecule has 30 heavy (non-hydrogen) atoms. The number of nitro groups is 2. The third-order valence-electron chi connectivity index (χ3n) is 3.73. The molecule has 0 aromatic heterocycles. The van der Waals surface area contributed by atoms with Gasteiger partial charge in [0.25, 0.3) is 5.91 Å². The van der Waals surface area contributed by atoms with Gasteiger partial charge in [0.15, 0.2) is 0 Å². The highest BCUT2D eigenvalue weighted by Crippen LogP contribution is 2.29. The molecule has 10 heteroatoms. The lowest BCUT2D eigenvalue weighted by molar-refractivity contribution is -0.385. The topological polar surface area (TPSA) is 134 Å². The Morgan fingerprint density at radius 1 is 0.700 bits per heavy atom. The maximum absolute atomic E-state index is 12.5. The maximum atomic E-state index is 12.5. The van der Waals surface area contributed by atoms with E-state index in [1.807, 2.05) is 0 Å². The van der Waals surface area contributed by atoms with Gasteiger partial charge in [0.05, 0.1) is 9.85 Å². The third-order valence-corrected chi connectivity index (χ3v) is 3.73. The van der Waals surface area contributed by atoms with Crippen LogP contribution in [0.5, 0.6) is 11.5 Å². The van der Waals surface area contributed by atoms with E-state index in [1.165, 1.54) is 60.7 Å². The minimum atomic E-state index is -0.761. The minimum Gasteiger partial charge on any atom is -0.403 e. The van der Waals surface area contributed by atoms with Gasteiger partial charge in [-0.25, -0.2) is 0 Å². The predicted octanol–water partition coefficient (Wildman–Crippen LogP) is 4.16. The molecule has 0 aliphatic carbocycles. The Bertz CT molecular complexity index is 1070. The third kappa shape index (κ3) is 4.81. The van der Waals surface area contributed by atoms with E-state index < -0.39 is 33.2 Å². The zero-order valence-electron chi connectivity index (χ0n) is 15.2. The first-order chi connectivity index (χ1) is 14.5.